The molecule has 4 aliphatic rings. The number of ether oxygens (including phenoxy) is 1. The number of aliphatic carboxylic acids is 1. The first-order valence-electron chi connectivity index (χ1n) is 15.5. The molecule has 0 aromatic carbocycles. The monoisotopic (exact) mass is 577 g/mol. The number of nitrogens with one attached hydrogen (secondary N) is 1. The molecule has 1 amide bonds. The summed E-state index contributed by atoms with van der Waals surface area (Å²) in [7, 11) is 0. The molecule has 7 nitrogen and oxygen atoms in total. The Morgan fingerprint density at radius 3 is 2.52 bits per heavy atom. The van der Waals surface area contributed by atoms with E-state index in [2.05, 4.69) is 42.4 Å². The average molecular weight is 578 g/mol. The summed E-state index contributed by atoms with van der Waals surface area (Å²) in [6.45, 7) is 8.74. The van der Waals surface area contributed by atoms with Crippen molar-refractivity contribution in [3.05, 3.63) is 55.2 Å². The van der Waals surface area contributed by atoms with Gasteiger partial charge in [-0.05, 0) is 96.7 Å². The Labute approximate surface area is 251 Å². The molecule has 0 aliphatic heterocycles. The van der Waals surface area contributed by atoms with E-state index in [1.54, 1.807) is 0 Å². The molecular weight excluding hydrogens is 528 g/mol. The molecule has 1 aromatic heterocycles. The van der Waals surface area contributed by atoms with Crippen molar-refractivity contribution in [3.63, 3.8) is 0 Å². The van der Waals surface area contributed by atoms with Crippen LogP contribution < -0.4 is 5.32 Å². The molecule has 0 radical (unpaired) electrons. The van der Waals surface area contributed by atoms with Crippen molar-refractivity contribution >= 4 is 23.4 Å². The minimum absolute atomic E-state index is 0. The molecule has 1 aromatic rings. The number of hydrogen-bond donors (Lipinski definition) is 2. The van der Waals surface area contributed by atoms with Gasteiger partial charge in [0.2, 0.25) is 5.91 Å². The molecular formula is C35H49N2O5-. The van der Waals surface area contributed by atoms with E-state index in [1.165, 1.54) is 29.6 Å². The number of pyridine rings is 1. The highest BCUT2D eigenvalue weighted by Crippen LogP contribution is 2.66. The van der Waals surface area contributed by atoms with Gasteiger partial charge in [-0.25, -0.2) is 4.79 Å². The summed E-state index contributed by atoms with van der Waals surface area (Å²) in [6, 6.07) is 3.31. The molecule has 2 saturated carbocycles. The van der Waals surface area contributed by atoms with Gasteiger partial charge in [-0.2, -0.15) is 0 Å². The fraction of sp³-hybridized carbons (Fsp3) is 0.629. The summed E-state index contributed by atoms with van der Waals surface area (Å²) < 4.78 is 5.85. The van der Waals surface area contributed by atoms with E-state index in [0.29, 0.717) is 24.2 Å². The lowest BCUT2D eigenvalue weighted by Crippen LogP contribution is -2.50. The zero-order valence-corrected chi connectivity index (χ0v) is 26.0. The van der Waals surface area contributed by atoms with E-state index < -0.39 is 17.9 Å². The van der Waals surface area contributed by atoms with Crippen LogP contribution in [0.25, 0.3) is 5.57 Å². The summed E-state index contributed by atoms with van der Waals surface area (Å²) in [6.07, 6.45) is 16.2. The van der Waals surface area contributed by atoms with Crippen LogP contribution in [0.15, 0.2) is 42.3 Å². The Morgan fingerprint density at radius 2 is 1.83 bits per heavy atom. The number of aromatic nitrogens is 1. The second kappa shape index (κ2) is 12.7. The number of rotatable bonds is 9. The summed E-state index contributed by atoms with van der Waals surface area (Å²) >= 11 is 0. The molecule has 42 heavy (non-hydrogen) atoms. The van der Waals surface area contributed by atoms with Gasteiger partial charge >= 0.3 is 11.9 Å². The SMILES string of the molecule is CC(C)C[C@@H](NC(=O)CCC(=O)O[C@H]1CC[C@@]2(C)C(=CC[C@@H]3[C@@H]2CC[C@]2(C)C(c4cccnc4)=CC[C@@H]32)C1)C(=O)O.[CH3-]. The minimum atomic E-state index is -1.05. The second-order valence-electron chi connectivity index (χ2n) is 13.8. The van der Waals surface area contributed by atoms with Crippen LogP contribution in [0.5, 0.6) is 0 Å². The smallest absolute Gasteiger partial charge is 0.326 e. The van der Waals surface area contributed by atoms with Gasteiger partial charge in [-0.3, -0.25) is 14.6 Å². The van der Waals surface area contributed by atoms with E-state index in [9.17, 15) is 19.5 Å². The lowest BCUT2D eigenvalue weighted by Gasteiger charge is -2.57. The van der Waals surface area contributed by atoms with Crippen LogP contribution in [0.4, 0.5) is 0 Å². The minimum Gasteiger partial charge on any atom is -0.480 e. The number of fused-ring (bicyclic) bond motifs is 5. The molecule has 0 saturated heterocycles. The quantitative estimate of drug-likeness (QED) is 0.190. The topological polar surface area (TPSA) is 106 Å². The lowest BCUT2D eigenvalue weighted by molar-refractivity contribution is -0.152. The Balaban J connectivity index is 0.00000405. The highest BCUT2D eigenvalue weighted by atomic mass is 16.5. The molecule has 5 rings (SSSR count). The van der Waals surface area contributed by atoms with Crippen molar-refractivity contribution in [1.82, 2.24) is 10.3 Å². The first-order chi connectivity index (χ1) is 19.5. The fourth-order valence-corrected chi connectivity index (χ4v) is 8.68. The molecule has 0 unspecified atom stereocenters. The summed E-state index contributed by atoms with van der Waals surface area (Å²) in [5.74, 6) is 0.237. The molecule has 0 spiro atoms. The maximum Gasteiger partial charge on any atom is 0.326 e. The van der Waals surface area contributed by atoms with Crippen LogP contribution in [-0.2, 0) is 19.1 Å². The molecule has 2 fully saturated rings. The van der Waals surface area contributed by atoms with Gasteiger partial charge < -0.3 is 22.6 Å². The number of allylic oxidation sites excluding steroid dienone is 3. The van der Waals surface area contributed by atoms with Crippen molar-refractivity contribution in [2.45, 2.75) is 104 Å². The third-order valence-electron chi connectivity index (χ3n) is 10.8. The number of carbonyl (C=O) groups is 3. The van der Waals surface area contributed by atoms with Gasteiger partial charge in [-0.15, -0.1) is 0 Å². The van der Waals surface area contributed by atoms with Gasteiger partial charge in [0.15, 0.2) is 0 Å². The normalized spacial score (nSPS) is 32.2. The van der Waals surface area contributed by atoms with Gasteiger partial charge in [0.05, 0.1) is 6.42 Å². The Kier molecular flexibility index (Phi) is 9.68. The average Bonchev–Trinajstić information content (AvgIpc) is 3.29. The highest BCUT2D eigenvalue weighted by Gasteiger charge is 2.57. The third-order valence-corrected chi connectivity index (χ3v) is 10.8. The van der Waals surface area contributed by atoms with Gasteiger partial charge in [0.1, 0.15) is 12.1 Å². The van der Waals surface area contributed by atoms with Gasteiger partial charge in [0, 0.05) is 25.2 Å². The van der Waals surface area contributed by atoms with Crippen LogP contribution in [0, 0.1) is 41.9 Å². The van der Waals surface area contributed by atoms with Crippen molar-refractivity contribution in [1.29, 1.82) is 0 Å². The first-order valence-corrected chi connectivity index (χ1v) is 15.5. The first kappa shape index (κ1) is 32.0. The predicted molar refractivity (Wildman–Crippen MR) is 164 cm³/mol. The van der Waals surface area contributed by atoms with Crippen molar-refractivity contribution in [2.24, 2.45) is 34.5 Å². The molecule has 7 heteroatoms. The second-order valence-corrected chi connectivity index (χ2v) is 13.8. The van der Waals surface area contributed by atoms with Crippen LogP contribution in [0.1, 0.15) is 97.5 Å². The number of nitrogens with zero attached hydrogens (tertiary/aromatic N) is 1. The number of carbonyl (C=O) groups excluding carboxylic acids is 2. The largest absolute Gasteiger partial charge is 0.480 e. The maximum absolute atomic E-state index is 12.6. The van der Waals surface area contributed by atoms with Gasteiger partial charge in [-0.1, -0.05) is 51.5 Å². The van der Waals surface area contributed by atoms with Crippen LogP contribution in [0.2, 0.25) is 0 Å². The predicted octanol–water partition coefficient (Wildman–Crippen LogP) is 6.80. The van der Waals surface area contributed by atoms with Crippen molar-refractivity contribution < 1.29 is 24.2 Å². The van der Waals surface area contributed by atoms with Gasteiger partial charge in [0.25, 0.3) is 0 Å². The van der Waals surface area contributed by atoms with E-state index in [4.69, 9.17) is 4.74 Å². The van der Waals surface area contributed by atoms with Crippen LogP contribution in [-0.4, -0.2) is 40.1 Å². The molecule has 1 heterocycles. The van der Waals surface area contributed by atoms with E-state index in [-0.39, 0.29) is 49.1 Å². The standard InChI is InChI=1S/C34H46N2O5.CH3/c1-21(2)18-29(32(39)40)36-30(37)11-12-31(38)41-24-13-15-33(3)23(19-24)7-8-25-27-10-9-26(22-6-5-17-35-20-22)34(27,4)16-14-28(25)33;/h5-7,9,17,20-21,24-25,27-29H,8,10-16,18-19H2,1-4H3,(H,36,37)(H,39,40);1H3/q;-1/t24-,25-,27-,28-,29+,33-,34+;/m0./s1. The number of hydrogen-bond acceptors (Lipinski definition) is 5. The molecule has 0 bridgehead atoms. The molecule has 230 valence electrons. The molecule has 4 aliphatic carbocycles. The van der Waals surface area contributed by atoms with Crippen molar-refractivity contribution in [3.8, 4) is 0 Å². The molecule has 7 atom stereocenters. The third kappa shape index (κ3) is 6.21. The Bertz CT molecular complexity index is 1220. The summed E-state index contributed by atoms with van der Waals surface area (Å²) in [5, 5.41) is 11.9. The Hall–Kier alpha value is -2.96. The number of carboxylic acids is 1. The summed E-state index contributed by atoms with van der Waals surface area (Å²) in [4.78, 5) is 40.8. The van der Waals surface area contributed by atoms with E-state index >= 15 is 0 Å². The summed E-state index contributed by atoms with van der Waals surface area (Å²) in [5.41, 5.74) is 4.54. The maximum atomic E-state index is 12.6. The van der Waals surface area contributed by atoms with E-state index in [0.717, 1.165) is 32.1 Å². The Morgan fingerprint density at radius 1 is 1.07 bits per heavy atom. The number of carboxylic acid groups (broad SMARTS) is 1. The fourth-order valence-electron chi connectivity index (χ4n) is 8.68. The molecule has 2 N–H and O–H groups in total. The lowest BCUT2D eigenvalue weighted by atomic mass is 9.47. The number of amides is 1. The highest BCUT2D eigenvalue weighted by molar-refractivity contribution is 5.85. The van der Waals surface area contributed by atoms with E-state index in [1.807, 2.05) is 32.3 Å². The zero-order valence-electron chi connectivity index (χ0n) is 26.0. The zero-order chi connectivity index (χ0) is 29.4. The number of esters is 1. The van der Waals surface area contributed by atoms with Crippen molar-refractivity contribution in [2.75, 3.05) is 0 Å². The van der Waals surface area contributed by atoms with Crippen LogP contribution in [0.3, 0.4) is 0 Å². The van der Waals surface area contributed by atoms with Crippen LogP contribution >= 0.6 is 0 Å².